The Balaban J connectivity index is 2.30. The maximum Gasteiger partial charge on any atom is 0.308 e. The van der Waals surface area contributed by atoms with Gasteiger partial charge < -0.3 is 9.47 Å². The highest BCUT2D eigenvalue weighted by Gasteiger charge is 2.02. The molecule has 0 radical (unpaired) electrons. The molecule has 0 N–H and O–H groups in total. The van der Waals surface area contributed by atoms with Gasteiger partial charge in [-0.3, -0.25) is 4.79 Å². The molecule has 0 aliphatic heterocycles. The van der Waals surface area contributed by atoms with Gasteiger partial charge in [-0.15, -0.1) is 0 Å². The van der Waals surface area contributed by atoms with Crippen molar-refractivity contribution in [3.05, 3.63) is 59.7 Å². The van der Waals surface area contributed by atoms with Crippen LogP contribution in [0, 0.1) is 11.8 Å². The largest absolute Gasteiger partial charge is 0.497 e. The Morgan fingerprint density at radius 1 is 1.05 bits per heavy atom. The van der Waals surface area contributed by atoms with Crippen LogP contribution in [0.3, 0.4) is 0 Å². The minimum atomic E-state index is -0.361. The van der Waals surface area contributed by atoms with E-state index in [-0.39, 0.29) is 5.97 Å². The SMILES string of the molecule is COc1cccc(C#Cc2ccccc2OC(C)=O)c1. The Morgan fingerprint density at radius 2 is 1.85 bits per heavy atom. The van der Waals surface area contributed by atoms with Crippen molar-refractivity contribution in [2.45, 2.75) is 6.92 Å². The molecule has 0 saturated heterocycles. The predicted molar refractivity (Wildman–Crippen MR) is 76.7 cm³/mol. The molecule has 0 fully saturated rings. The molecule has 0 aliphatic rings. The molecule has 0 aromatic heterocycles. The van der Waals surface area contributed by atoms with Gasteiger partial charge in [-0.25, -0.2) is 0 Å². The molecule has 0 spiro atoms. The van der Waals surface area contributed by atoms with E-state index in [1.165, 1.54) is 6.92 Å². The summed E-state index contributed by atoms with van der Waals surface area (Å²) in [6.07, 6.45) is 0. The zero-order valence-electron chi connectivity index (χ0n) is 11.3. The number of methoxy groups -OCH3 is 1. The lowest BCUT2D eigenvalue weighted by molar-refractivity contribution is -0.131. The second-order valence-electron chi connectivity index (χ2n) is 4.07. The summed E-state index contributed by atoms with van der Waals surface area (Å²) >= 11 is 0. The van der Waals surface area contributed by atoms with Gasteiger partial charge in [0.05, 0.1) is 12.7 Å². The van der Waals surface area contributed by atoms with Crippen LogP contribution in [-0.2, 0) is 4.79 Å². The number of hydrogen-bond acceptors (Lipinski definition) is 3. The van der Waals surface area contributed by atoms with Crippen LogP contribution >= 0.6 is 0 Å². The lowest BCUT2D eigenvalue weighted by atomic mass is 10.1. The molecule has 2 aromatic rings. The second kappa shape index (κ2) is 6.44. The van der Waals surface area contributed by atoms with Gasteiger partial charge in [-0.05, 0) is 30.3 Å². The highest BCUT2D eigenvalue weighted by molar-refractivity contribution is 5.70. The van der Waals surface area contributed by atoms with E-state index in [1.54, 1.807) is 19.2 Å². The molecule has 3 nitrogen and oxygen atoms in total. The first-order valence-electron chi connectivity index (χ1n) is 6.12. The summed E-state index contributed by atoms with van der Waals surface area (Å²) in [5.74, 6) is 6.89. The number of hydrogen-bond donors (Lipinski definition) is 0. The van der Waals surface area contributed by atoms with E-state index in [0.717, 1.165) is 11.3 Å². The summed E-state index contributed by atoms with van der Waals surface area (Å²) < 4.78 is 10.3. The minimum absolute atomic E-state index is 0.361. The van der Waals surface area contributed by atoms with Crippen LogP contribution in [0.2, 0.25) is 0 Å². The Labute approximate surface area is 118 Å². The fourth-order valence-electron chi connectivity index (χ4n) is 1.65. The lowest BCUT2D eigenvalue weighted by Crippen LogP contribution is -2.02. The smallest absolute Gasteiger partial charge is 0.308 e. The van der Waals surface area contributed by atoms with E-state index >= 15 is 0 Å². The molecular formula is C17H14O3. The Bertz CT molecular complexity index is 678. The molecule has 0 aliphatic carbocycles. The van der Waals surface area contributed by atoms with Gasteiger partial charge in [0, 0.05) is 12.5 Å². The Morgan fingerprint density at radius 3 is 2.60 bits per heavy atom. The number of rotatable bonds is 2. The summed E-state index contributed by atoms with van der Waals surface area (Å²) in [4.78, 5) is 11.0. The molecule has 0 heterocycles. The van der Waals surface area contributed by atoms with Crippen LogP contribution in [0.1, 0.15) is 18.1 Å². The summed E-state index contributed by atoms with van der Waals surface area (Å²) in [6, 6.07) is 14.7. The van der Waals surface area contributed by atoms with Gasteiger partial charge in [-0.2, -0.15) is 0 Å². The molecular weight excluding hydrogens is 252 g/mol. The van der Waals surface area contributed by atoms with Crippen LogP contribution in [0.15, 0.2) is 48.5 Å². The van der Waals surface area contributed by atoms with Crippen LogP contribution in [0.25, 0.3) is 0 Å². The van der Waals surface area contributed by atoms with E-state index < -0.39 is 0 Å². The lowest BCUT2D eigenvalue weighted by Gasteiger charge is -2.03. The zero-order chi connectivity index (χ0) is 14.4. The molecule has 0 atom stereocenters. The maximum atomic E-state index is 11.0. The zero-order valence-corrected chi connectivity index (χ0v) is 11.3. The van der Waals surface area contributed by atoms with Gasteiger partial charge in [-0.1, -0.05) is 30.0 Å². The third-order valence-corrected chi connectivity index (χ3v) is 2.55. The van der Waals surface area contributed by atoms with Gasteiger partial charge in [0.2, 0.25) is 0 Å². The Hall–Kier alpha value is -2.73. The van der Waals surface area contributed by atoms with Crippen molar-refractivity contribution in [2.75, 3.05) is 7.11 Å². The minimum Gasteiger partial charge on any atom is -0.497 e. The first kappa shape index (κ1) is 13.7. The summed E-state index contributed by atoms with van der Waals surface area (Å²) in [6.45, 7) is 1.37. The molecule has 2 aromatic carbocycles. The van der Waals surface area contributed by atoms with Crippen molar-refractivity contribution >= 4 is 5.97 Å². The van der Waals surface area contributed by atoms with Crippen LogP contribution in [0.5, 0.6) is 11.5 Å². The standard InChI is InChI=1S/C17H14O3/c1-13(18)20-17-9-4-3-7-15(17)11-10-14-6-5-8-16(12-14)19-2/h3-9,12H,1-2H3. The fourth-order valence-corrected chi connectivity index (χ4v) is 1.65. The maximum absolute atomic E-state index is 11.0. The monoisotopic (exact) mass is 266 g/mol. The number of ether oxygens (including phenoxy) is 2. The molecule has 0 amide bonds. The highest BCUT2D eigenvalue weighted by Crippen LogP contribution is 2.17. The number of para-hydroxylation sites is 1. The van der Waals surface area contributed by atoms with Crippen molar-refractivity contribution in [1.29, 1.82) is 0 Å². The topological polar surface area (TPSA) is 35.5 Å². The van der Waals surface area contributed by atoms with Crippen LogP contribution in [0.4, 0.5) is 0 Å². The Kier molecular flexibility index (Phi) is 4.41. The van der Waals surface area contributed by atoms with Crippen molar-refractivity contribution in [1.82, 2.24) is 0 Å². The predicted octanol–water partition coefficient (Wildman–Crippen LogP) is 3.02. The van der Waals surface area contributed by atoms with Gasteiger partial charge >= 0.3 is 5.97 Å². The number of carbonyl (C=O) groups is 1. The highest BCUT2D eigenvalue weighted by atomic mass is 16.5. The molecule has 0 unspecified atom stereocenters. The molecule has 20 heavy (non-hydrogen) atoms. The summed E-state index contributed by atoms with van der Waals surface area (Å²) in [5, 5.41) is 0. The van der Waals surface area contributed by atoms with E-state index in [2.05, 4.69) is 11.8 Å². The second-order valence-corrected chi connectivity index (χ2v) is 4.07. The van der Waals surface area contributed by atoms with E-state index in [4.69, 9.17) is 9.47 Å². The normalized spacial score (nSPS) is 9.30. The number of esters is 1. The van der Waals surface area contributed by atoms with Crippen molar-refractivity contribution < 1.29 is 14.3 Å². The van der Waals surface area contributed by atoms with Crippen molar-refractivity contribution in [3.63, 3.8) is 0 Å². The van der Waals surface area contributed by atoms with Gasteiger partial charge in [0.15, 0.2) is 0 Å². The molecule has 2 rings (SSSR count). The fraction of sp³-hybridized carbons (Fsp3) is 0.118. The van der Waals surface area contributed by atoms with Crippen LogP contribution < -0.4 is 9.47 Å². The third kappa shape index (κ3) is 3.63. The van der Waals surface area contributed by atoms with Gasteiger partial charge in [0.1, 0.15) is 11.5 Å². The molecule has 0 saturated carbocycles. The van der Waals surface area contributed by atoms with Crippen LogP contribution in [-0.4, -0.2) is 13.1 Å². The molecule has 0 bridgehead atoms. The molecule has 3 heteroatoms. The van der Waals surface area contributed by atoms with Crippen molar-refractivity contribution in [2.24, 2.45) is 0 Å². The van der Waals surface area contributed by atoms with E-state index in [0.29, 0.717) is 11.3 Å². The first-order valence-corrected chi connectivity index (χ1v) is 6.12. The average molecular weight is 266 g/mol. The first-order chi connectivity index (χ1) is 9.69. The third-order valence-electron chi connectivity index (χ3n) is 2.55. The summed E-state index contributed by atoms with van der Waals surface area (Å²) in [7, 11) is 1.61. The van der Waals surface area contributed by atoms with Crippen molar-refractivity contribution in [3.8, 4) is 23.3 Å². The molecule has 100 valence electrons. The average Bonchev–Trinajstić information content (AvgIpc) is 2.46. The van der Waals surface area contributed by atoms with Gasteiger partial charge in [0.25, 0.3) is 0 Å². The quantitative estimate of drug-likeness (QED) is 0.476. The number of carbonyl (C=O) groups excluding carboxylic acids is 1. The number of benzene rings is 2. The summed E-state index contributed by atoms with van der Waals surface area (Å²) in [5.41, 5.74) is 1.51. The van der Waals surface area contributed by atoms with E-state index in [1.807, 2.05) is 36.4 Å². The van der Waals surface area contributed by atoms with E-state index in [9.17, 15) is 4.79 Å².